The number of nitrogens with zero attached hydrogens (tertiary/aromatic N) is 2. The SMILES string of the molecule is COC(=O)c1ccc(Sc2ccc(C#N)cc2[N+](=O)[O-])cc1. The lowest BCUT2D eigenvalue weighted by Gasteiger charge is -2.04. The molecule has 2 aromatic rings. The normalized spacial score (nSPS) is 9.82. The van der Waals surface area contributed by atoms with Crippen LogP contribution in [0.3, 0.4) is 0 Å². The Morgan fingerprint density at radius 1 is 1.27 bits per heavy atom. The zero-order valence-electron chi connectivity index (χ0n) is 11.5. The molecule has 0 N–H and O–H groups in total. The maximum atomic E-state index is 11.3. The first kappa shape index (κ1) is 15.5. The predicted molar refractivity (Wildman–Crippen MR) is 79.7 cm³/mol. The van der Waals surface area contributed by atoms with Gasteiger partial charge in [0.05, 0.1) is 34.1 Å². The third-order valence-corrected chi connectivity index (χ3v) is 3.86. The maximum Gasteiger partial charge on any atom is 0.337 e. The molecule has 0 radical (unpaired) electrons. The fraction of sp³-hybridized carbons (Fsp3) is 0.0667. The molecule has 0 heterocycles. The first-order valence-corrected chi connectivity index (χ1v) is 6.91. The molecule has 2 aromatic carbocycles. The molecular formula is C15H10N2O4S. The highest BCUT2D eigenvalue weighted by Gasteiger charge is 2.16. The van der Waals surface area contributed by atoms with E-state index in [1.807, 2.05) is 6.07 Å². The fourth-order valence-corrected chi connectivity index (χ4v) is 2.62. The van der Waals surface area contributed by atoms with Gasteiger partial charge in [-0.05, 0) is 36.4 Å². The Kier molecular flexibility index (Phi) is 4.76. The van der Waals surface area contributed by atoms with E-state index in [-0.39, 0.29) is 11.3 Å². The number of carbonyl (C=O) groups excluding carboxylic acids is 1. The highest BCUT2D eigenvalue weighted by molar-refractivity contribution is 7.99. The van der Waals surface area contributed by atoms with E-state index in [1.54, 1.807) is 24.3 Å². The van der Waals surface area contributed by atoms with Gasteiger partial charge in [0.2, 0.25) is 0 Å². The van der Waals surface area contributed by atoms with Crippen LogP contribution in [-0.4, -0.2) is 18.0 Å². The van der Waals surface area contributed by atoms with Crippen molar-refractivity contribution in [3.05, 3.63) is 63.7 Å². The van der Waals surface area contributed by atoms with Crippen molar-refractivity contribution < 1.29 is 14.5 Å². The summed E-state index contributed by atoms with van der Waals surface area (Å²) in [5.41, 5.74) is 0.513. The van der Waals surface area contributed by atoms with Gasteiger partial charge in [0, 0.05) is 11.0 Å². The van der Waals surface area contributed by atoms with Crippen molar-refractivity contribution in [3.63, 3.8) is 0 Å². The molecule has 110 valence electrons. The van der Waals surface area contributed by atoms with E-state index in [1.165, 1.54) is 37.1 Å². The van der Waals surface area contributed by atoms with Gasteiger partial charge in [0.15, 0.2) is 0 Å². The molecule has 0 saturated carbocycles. The Balaban J connectivity index is 2.29. The molecule has 0 aromatic heterocycles. The van der Waals surface area contributed by atoms with Gasteiger partial charge in [-0.15, -0.1) is 0 Å². The molecule has 0 amide bonds. The highest BCUT2D eigenvalue weighted by Crippen LogP contribution is 2.35. The van der Waals surface area contributed by atoms with Gasteiger partial charge in [0.25, 0.3) is 5.69 Å². The first-order valence-electron chi connectivity index (χ1n) is 6.10. The number of nitro groups is 1. The number of nitriles is 1. The third kappa shape index (κ3) is 3.42. The summed E-state index contributed by atoms with van der Waals surface area (Å²) in [5.74, 6) is -0.444. The van der Waals surface area contributed by atoms with Gasteiger partial charge < -0.3 is 4.74 Å². The summed E-state index contributed by atoms with van der Waals surface area (Å²) < 4.78 is 4.60. The van der Waals surface area contributed by atoms with Gasteiger partial charge in [-0.3, -0.25) is 10.1 Å². The van der Waals surface area contributed by atoms with Crippen molar-refractivity contribution in [2.75, 3.05) is 7.11 Å². The average Bonchev–Trinajstić information content (AvgIpc) is 2.55. The number of rotatable bonds is 4. The molecule has 6 nitrogen and oxygen atoms in total. The van der Waals surface area contributed by atoms with E-state index < -0.39 is 10.9 Å². The number of carbonyl (C=O) groups is 1. The molecule has 7 heteroatoms. The molecular weight excluding hydrogens is 304 g/mol. The van der Waals surface area contributed by atoms with Gasteiger partial charge in [-0.2, -0.15) is 5.26 Å². The molecule has 0 bridgehead atoms. The smallest absolute Gasteiger partial charge is 0.337 e. The van der Waals surface area contributed by atoms with Gasteiger partial charge >= 0.3 is 5.97 Å². The van der Waals surface area contributed by atoms with Gasteiger partial charge in [-0.1, -0.05) is 11.8 Å². The number of esters is 1. The molecule has 0 spiro atoms. The van der Waals surface area contributed by atoms with Crippen molar-refractivity contribution in [1.82, 2.24) is 0 Å². The van der Waals surface area contributed by atoms with Crippen LogP contribution in [0.1, 0.15) is 15.9 Å². The van der Waals surface area contributed by atoms with Crippen LogP contribution >= 0.6 is 11.8 Å². The Morgan fingerprint density at radius 3 is 2.50 bits per heavy atom. The summed E-state index contributed by atoms with van der Waals surface area (Å²) in [6.07, 6.45) is 0. The summed E-state index contributed by atoms with van der Waals surface area (Å²) in [6, 6.07) is 12.7. The second kappa shape index (κ2) is 6.74. The third-order valence-electron chi connectivity index (χ3n) is 2.79. The van der Waals surface area contributed by atoms with E-state index in [2.05, 4.69) is 4.74 Å². The number of nitro benzene ring substituents is 1. The summed E-state index contributed by atoms with van der Waals surface area (Å²) in [6.45, 7) is 0. The zero-order valence-corrected chi connectivity index (χ0v) is 12.3. The highest BCUT2D eigenvalue weighted by atomic mass is 32.2. The number of hydrogen-bond donors (Lipinski definition) is 0. The largest absolute Gasteiger partial charge is 0.465 e. The van der Waals surface area contributed by atoms with Crippen LogP contribution in [0.25, 0.3) is 0 Å². The van der Waals surface area contributed by atoms with E-state index in [0.717, 1.165) is 4.90 Å². The minimum absolute atomic E-state index is 0.124. The lowest BCUT2D eigenvalue weighted by Crippen LogP contribution is -2.00. The van der Waals surface area contributed by atoms with Gasteiger partial charge in [0.1, 0.15) is 0 Å². The second-order valence-electron chi connectivity index (χ2n) is 4.17. The lowest BCUT2D eigenvalue weighted by atomic mass is 10.2. The van der Waals surface area contributed by atoms with Crippen LogP contribution in [-0.2, 0) is 4.74 Å². The van der Waals surface area contributed by atoms with E-state index in [9.17, 15) is 14.9 Å². The van der Waals surface area contributed by atoms with Crippen molar-refractivity contribution >= 4 is 23.4 Å². The Bertz CT molecular complexity index is 766. The average molecular weight is 314 g/mol. The minimum Gasteiger partial charge on any atom is -0.465 e. The molecule has 0 aliphatic rings. The van der Waals surface area contributed by atoms with Crippen LogP contribution in [0, 0.1) is 21.4 Å². The zero-order chi connectivity index (χ0) is 16.1. The number of hydrogen-bond acceptors (Lipinski definition) is 6. The van der Waals surface area contributed by atoms with Crippen LogP contribution in [0.15, 0.2) is 52.3 Å². The predicted octanol–water partition coefficient (Wildman–Crippen LogP) is 3.40. The monoisotopic (exact) mass is 314 g/mol. The number of methoxy groups -OCH3 is 1. The van der Waals surface area contributed by atoms with E-state index >= 15 is 0 Å². The minimum atomic E-state index is -0.522. The Hall–Kier alpha value is -2.85. The molecule has 0 unspecified atom stereocenters. The van der Waals surface area contributed by atoms with Crippen LogP contribution in [0.2, 0.25) is 0 Å². The molecule has 0 atom stereocenters. The molecule has 0 aliphatic heterocycles. The lowest BCUT2D eigenvalue weighted by molar-refractivity contribution is -0.387. The van der Waals surface area contributed by atoms with Crippen LogP contribution in [0.5, 0.6) is 0 Å². The van der Waals surface area contributed by atoms with E-state index in [4.69, 9.17) is 5.26 Å². The summed E-state index contributed by atoms with van der Waals surface area (Å²) in [4.78, 5) is 23.1. The van der Waals surface area contributed by atoms with Crippen molar-refractivity contribution in [3.8, 4) is 6.07 Å². The fourth-order valence-electron chi connectivity index (χ4n) is 1.72. The molecule has 2 rings (SSSR count). The number of ether oxygens (including phenoxy) is 1. The maximum absolute atomic E-state index is 11.3. The van der Waals surface area contributed by atoms with Crippen LogP contribution < -0.4 is 0 Å². The summed E-state index contributed by atoms with van der Waals surface area (Å²) >= 11 is 1.19. The first-order chi connectivity index (χ1) is 10.5. The topological polar surface area (TPSA) is 93.2 Å². The van der Waals surface area contributed by atoms with Crippen molar-refractivity contribution in [2.45, 2.75) is 9.79 Å². The number of benzene rings is 2. The van der Waals surface area contributed by atoms with Crippen molar-refractivity contribution in [1.29, 1.82) is 5.26 Å². The summed E-state index contributed by atoms with van der Waals surface area (Å²) in [7, 11) is 1.30. The second-order valence-corrected chi connectivity index (χ2v) is 5.28. The van der Waals surface area contributed by atoms with Crippen molar-refractivity contribution in [2.24, 2.45) is 0 Å². The Labute approximate surface area is 130 Å². The molecule has 22 heavy (non-hydrogen) atoms. The molecule has 0 saturated heterocycles. The van der Waals surface area contributed by atoms with E-state index in [0.29, 0.717) is 10.5 Å². The van der Waals surface area contributed by atoms with Crippen LogP contribution in [0.4, 0.5) is 5.69 Å². The Morgan fingerprint density at radius 2 is 1.95 bits per heavy atom. The summed E-state index contributed by atoms with van der Waals surface area (Å²) in [5, 5.41) is 19.9. The quantitative estimate of drug-likeness (QED) is 0.488. The molecule has 0 aliphatic carbocycles. The van der Waals surface area contributed by atoms with Gasteiger partial charge in [-0.25, -0.2) is 4.79 Å². The standard InChI is InChI=1S/C15H10N2O4S/c1-21-15(18)11-3-5-12(6-4-11)22-14-7-2-10(9-16)8-13(14)17(19)20/h2-8H,1H3. The molecule has 0 fully saturated rings.